The lowest BCUT2D eigenvalue weighted by Gasteiger charge is -2.24. The van der Waals surface area contributed by atoms with Gasteiger partial charge in [-0.2, -0.15) is 0 Å². The summed E-state index contributed by atoms with van der Waals surface area (Å²) in [5.41, 5.74) is -0.565. The first-order valence-corrected chi connectivity index (χ1v) is 7.70. The first-order valence-electron chi connectivity index (χ1n) is 7.70. The third kappa shape index (κ3) is 4.67. The molecule has 0 spiro atoms. The summed E-state index contributed by atoms with van der Waals surface area (Å²) in [6, 6.07) is 0. The normalized spacial score (nSPS) is 21.8. The first kappa shape index (κ1) is 17.2. The number of hydroxylamine groups is 2. The molecule has 0 bridgehead atoms. The summed E-state index contributed by atoms with van der Waals surface area (Å²) in [5.74, 6) is -1.69. The topological polar surface area (TPSA) is 93.2 Å². The highest BCUT2D eigenvalue weighted by atomic mass is 16.7. The second-order valence-corrected chi connectivity index (χ2v) is 6.83. The van der Waals surface area contributed by atoms with E-state index in [4.69, 9.17) is 9.57 Å². The van der Waals surface area contributed by atoms with Gasteiger partial charge in [0.15, 0.2) is 0 Å². The predicted molar refractivity (Wildman–Crippen MR) is 77.7 cm³/mol. The quantitative estimate of drug-likeness (QED) is 0.724. The molecule has 3 amide bonds. The molecule has 128 valence electrons. The van der Waals surface area contributed by atoms with Gasteiger partial charge in [0.1, 0.15) is 5.60 Å². The number of ether oxygens (including phenoxy) is 1. The van der Waals surface area contributed by atoms with Gasteiger partial charge in [-0.3, -0.25) is 9.59 Å². The van der Waals surface area contributed by atoms with E-state index in [1.54, 1.807) is 25.7 Å². The highest BCUT2D eigenvalue weighted by Crippen LogP contribution is 2.23. The van der Waals surface area contributed by atoms with E-state index in [1.165, 1.54) is 0 Å². The van der Waals surface area contributed by atoms with Crippen LogP contribution in [0.2, 0.25) is 0 Å². The lowest BCUT2D eigenvalue weighted by Crippen LogP contribution is -2.36. The van der Waals surface area contributed by atoms with Crippen molar-refractivity contribution >= 4 is 23.9 Å². The van der Waals surface area contributed by atoms with Crippen molar-refractivity contribution in [3.05, 3.63) is 0 Å². The lowest BCUT2D eigenvalue weighted by atomic mass is 10.1. The molecule has 2 heterocycles. The Morgan fingerprint density at radius 2 is 1.78 bits per heavy atom. The van der Waals surface area contributed by atoms with Crippen LogP contribution in [0.3, 0.4) is 0 Å². The van der Waals surface area contributed by atoms with Crippen LogP contribution in [0.1, 0.15) is 46.5 Å². The molecule has 2 saturated heterocycles. The highest BCUT2D eigenvalue weighted by molar-refractivity contribution is 6.01. The standard InChI is InChI=1S/C15H22N2O6/c1-15(2,3)22-14(21)16-7-6-10(9-16)8-13(20)23-17-11(18)4-5-12(17)19/h10H,4-9H2,1-3H3/t10-/m0/s1. The van der Waals surface area contributed by atoms with Gasteiger partial charge in [0, 0.05) is 25.9 Å². The smallest absolute Gasteiger partial charge is 0.410 e. The Hall–Kier alpha value is -2.12. The zero-order chi connectivity index (χ0) is 17.2. The SMILES string of the molecule is CC(C)(C)OC(=O)N1CC[C@@H](CC(=O)ON2C(=O)CCC2=O)C1. The number of imide groups is 1. The van der Waals surface area contributed by atoms with Gasteiger partial charge in [-0.25, -0.2) is 9.59 Å². The van der Waals surface area contributed by atoms with Crippen molar-refractivity contribution in [1.29, 1.82) is 0 Å². The van der Waals surface area contributed by atoms with Crippen molar-refractivity contribution in [1.82, 2.24) is 9.96 Å². The van der Waals surface area contributed by atoms with Crippen LogP contribution in [-0.2, 0) is 24.0 Å². The molecule has 2 aliphatic rings. The third-order valence-electron chi connectivity index (χ3n) is 3.59. The molecule has 0 radical (unpaired) electrons. The van der Waals surface area contributed by atoms with Crippen molar-refractivity contribution in [2.24, 2.45) is 5.92 Å². The van der Waals surface area contributed by atoms with Gasteiger partial charge in [-0.1, -0.05) is 0 Å². The fourth-order valence-electron chi connectivity index (χ4n) is 2.52. The first-order chi connectivity index (χ1) is 10.7. The van der Waals surface area contributed by atoms with Gasteiger partial charge in [0.05, 0.1) is 6.42 Å². The molecular weight excluding hydrogens is 304 g/mol. The van der Waals surface area contributed by atoms with Gasteiger partial charge < -0.3 is 14.5 Å². The maximum Gasteiger partial charge on any atom is 0.410 e. The molecule has 0 aromatic carbocycles. The van der Waals surface area contributed by atoms with E-state index < -0.39 is 29.5 Å². The lowest BCUT2D eigenvalue weighted by molar-refractivity contribution is -0.198. The van der Waals surface area contributed by atoms with Crippen LogP contribution in [-0.4, -0.2) is 52.5 Å². The van der Waals surface area contributed by atoms with Crippen molar-refractivity contribution < 1.29 is 28.8 Å². The van der Waals surface area contributed by atoms with Gasteiger partial charge in [-0.15, -0.1) is 5.06 Å². The molecule has 2 aliphatic heterocycles. The van der Waals surface area contributed by atoms with Crippen LogP contribution < -0.4 is 0 Å². The summed E-state index contributed by atoms with van der Waals surface area (Å²) < 4.78 is 5.28. The second-order valence-electron chi connectivity index (χ2n) is 6.83. The molecule has 0 aromatic heterocycles. The van der Waals surface area contributed by atoms with Crippen molar-refractivity contribution in [2.75, 3.05) is 13.1 Å². The largest absolute Gasteiger partial charge is 0.444 e. The summed E-state index contributed by atoms with van der Waals surface area (Å²) in [6.07, 6.45) is 0.439. The van der Waals surface area contributed by atoms with E-state index in [-0.39, 0.29) is 25.2 Å². The number of hydrogen-bond acceptors (Lipinski definition) is 6. The van der Waals surface area contributed by atoms with Gasteiger partial charge in [-0.05, 0) is 33.1 Å². The molecule has 23 heavy (non-hydrogen) atoms. The number of amides is 3. The fraction of sp³-hybridized carbons (Fsp3) is 0.733. The number of carbonyl (C=O) groups excluding carboxylic acids is 4. The van der Waals surface area contributed by atoms with E-state index in [0.717, 1.165) is 0 Å². The van der Waals surface area contributed by atoms with Crippen LogP contribution in [0.5, 0.6) is 0 Å². The Morgan fingerprint density at radius 1 is 1.17 bits per heavy atom. The summed E-state index contributed by atoms with van der Waals surface area (Å²) >= 11 is 0. The summed E-state index contributed by atoms with van der Waals surface area (Å²) in [4.78, 5) is 53.0. The Labute approximate surface area is 134 Å². The van der Waals surface area contributed by atoms with E-state index in [9.17, 15) is 19.2 Å². The second kappa shape index (κ2) is 6.55. The van der Waals surface area contributed by atoms with Crippen LogP contribution in [0, 0.1) is 5.92 Å². The molecule has 0 aliphatic carbocycles. The van der Waals surface area contributed by atoms with E-state index in [2.05, 4.69) is 0 Å². The van der Waals surface area contributed by atoms with Crippen LogP contribution in [0.25, 0.3) is 0 Å². The highest BCUT2D eigenvalue weighted by Gasteiger charge is 2.35. The van der Waals surface area contributed by atoms with Crippen molar-refractivity contribution in [2.45, 2.75) is 52.1 Å². The van der Waals surface area contributed by atoms with Crippen LogP contribution in [0.15, 0.2) is 0 Å². The van der Waals surface area contributed by atoms with E-state index in [0.29, 0.717) is 24.6 Å². The Morgan fingerprint density at radius 3 is 2.35 bits per heavy atom. The van der Waals surface area contributed by atoms with Crippen LogP contribution >= 0.6 is 0 Å². The van der Waals surface area contributed by atoms with Gasteiger partial charge >= 0.3 is 12.1 Å². The molecule has 0 aromatic rings. The summed E-state index contributed by atoms with van der Waals surface area (Å²) in [5, 5.41) is 0.545. The average Bonchev–Trinajstić information content (AvgIpc) is 2.99. The molecule has 0 saturated carbocycles. The van der Waals surface area contributed by atoms with E-state index in [1.807, 2.05) is 0 Å². The Kier molecular flexibility index (Phi) is 4.91. The number of rotatable bonds is 3. The monoisotopic (exact) mass is 326 g/mol. The zero-order valence-corrected chi connectivity index (χ0v) is 13.7. The maximum absolute atomic E-state index is 11.9. The van der Waals surface area contributed by atoms with Crippen molar-refractivity contribution in [3.8, 4) is 0 Å². The molecule has 8 heteroatoms. The number of carbonyl (C=O) groups is 4. The molecule has 8 nitrogen and oxygen atoms in total. The van der Waals surface area contributed by atoms with Crippen molar-refractivity contribution in [3.63, 3.8) is 0 Å². The Balaban J connectivity index is 1.79. The fourth-order valence-corrected chi connectivity index (χ4v) is 2.52. The molecule has 0 N–H and O–H groups in total. The van der Waals surface area contributed by atoms with Gasteiger partial charge in [0.25, 0.3) is 11.8 Å². The number of nitrogens with zero attached hydrogens (tertiary/aromatic N) is 2. The summed E-state index contributed by atoms with van der Waals surface area (Å²) in [6.45, 7) is 6.28. The zero-order valence-electron chi connectivity index (χ0n) is 13.7. The summed E-state index contributed by atoms with van der Waals surface area (Å²) in [7, 11) is 0. The minimum absolute atomic E-state index is 0.0519. The average molecular weight is 326 g/mol. The third-order valence-corrected chi connectivity index (χ3v) is 3.59. The van der Waals surface area contributed by atoms with Gasteiger partial charge in [0.2, 0.25) is 0 Å². The van der Waals surface area contributed by atoms with Crippen LogP contribution in [0.4, 0.5) is 4.79 Å². The van der Waals surface area contributed by atoms with E-state index >= 15 is 0 Å². The maximum atomic E-state index is 11.9. The Bertz CT molecular complexity index is 509. The molecule has 2 fully saturated rings. The number of hydrogen-bond donors (Lipinski definition) is 0. The minimum atomic E-state index is -0.635. The molecule has 2 rings (SSSR count). The molecule has 1 atom stereocenters. The molecular formula is C15H22N2O6. The predicted octanol–water partition coefficient (Wildman–Crippen LogP) is 1.24. The minimum Gasteiger partial charge on any atom is -0.444 e. The molecule has 0 unspecified atom stereocenters. The number of likely N-dealkylation sites (tertiary alicyclic amines) is 1.